The van der Waals surface area contributed by atoms with Crippen molar-refractivity contribution >= 4 is 17.8 Å². The maximum atomic E-state index is 12.6. The van der Waals surface area contributed by atoms with Crippen molar-refractivity contribution in [1.29, 1.82) is 0 Å². The molecular formula is C19H20N2O4. The molecule has 0 unspecified atom stereocenters. The van der Waals surface area contributed by atoms with Crippen molar-refractivity contribution in [3.05, 3.63) is 71.8 Å². The van der Waals surface area contributed by atoms with Gasteiger partial charge in [-0.3, -0.25) is 14.4 Å². The van der Waals surface area contributed by atoms with Crippen LogP contribution in [-0.2, 0) is 19.1 Å². The Balaban J connectivity index is 2.04. The van der Waals surface area contributed by atoms with E-state index in [1.807, 2.05) is 60.7 Å². The number of rotatable bonds is 7. The Bertz CT molecular complexity index is 677. The molecule has 25 heavy (non-hydrogen) atoms. The lowest BCUT2D eigenvalue weighted by Gasteiger charge is -2.17. The number of hydrogen-bond donors (Lipinski definition) is 2. The molecule has 6 nitrogen and oxygen atoms in total. The number of carbonyl (C=O) groups is 3. The molecule has 0 bridgehead atoms. The van der Waals surface area contributed by atoms with Crippen molar-refractivity contribution in [2.24, 2.45) is 0 Å². The van der Waals surface area contributed by atoms with Crippen LogP contribution in [0.15, 0.2) is 60.7 Å². The first-order valence-corrected chi connectivity index (χ1v) is 7.85. The molecule has 2 aromatic carbocycles. The smallest absolute Gasteiger partial charge is 0.318 e. The maximum Gasteiger partial charge on any atom is 0.318 e. The van der Waals surface area contributed by atoms with E-state index in [-0.39, 0.29) is 12.5 Å². The van der Waals surface area contributed by atoms with Gasteiger partial charge in [0.05, 0.1) is 6.54 Å². The molecular weight excluding hydrogens is 320 g/mol. The summed E-state index contributed by atoms with van der Waals surface area (Å²) >= 11 is 0. The predicted octanol–water partition coefficient (Wildman–Crippen LogP) is 1.22. The number of benzene rings is 2. The van der Waals surface area contributed by atoms with Crippen LogP contribution in [0, 0.1) is 0 Å². The number of nitrogens with one attached hydrogen (secondary N) is 2. The molecule has 130 valence electrons. The molecule has 2 N–H and O–H groups in total. The Hall–Kier alpha value is -3.15. The van der Waals surface area contributed by atoms with Gasteiger partial charge >= 0.3 is 5.97 Å². The molecule has 0 aliphatic heterocycles. The number of likely N-dealkylation sites (N-methyl/N-ethyl adjacent to an activating group) is 1. The van der Waals surface area contributed by atoms with Crippen LogP contribution < -0.4 is 10.6 Å². The zero-order valence-corrected chi connectivity index (χ0v) is 13.9. The summed E-state index contributed by atoms with van der Waals surface area (Å²) < 4.78 is 5.16. The fraction of sp³-hybridized carbons (Fsp3) is 0.211. The Morgan fingerprint density at radius 2 is 1.40 bits per heavy atom. The predicted molar refractivity (Wildman–Crippen MR) is 92.8 cm³/mol. The Labute approximate surface area is 146 Å². The van der Waals surface area contributed by atoms with Gasteiger partial charge < -0.3 is 15.4 Å². The van der Waals surface area contributed by atoms with Crippen LogP contribution in [0.1, 0.15) is 17.0 Å². The van der Waals surface area contributed by atoms with E-state index in [1.165, 1.54) is 7.05 Å². The zero-order chi connectivity index (χ0) is 18.1. The van der Waals surface area contributed by atoms with Crippen molar-refractivity contribution in [3.8, 4) is 0 Å². The average Bonchev–Trinajstić information content (AvgIpc) is 2.66. The van der Waals surface area contributed by atoms with E-state index in [1.54, 1.807) is 0 Å². The number of ether oxygens (including phenoxy) is 1. The van der Waals surface area contributed by atoms with Gasteiger partial charge in [-0.25, -0.2) is 0 Å². The van der Waals surface area contributed by atoms with Gasteiger partial charge in [0.25, 0.3) is 5.91 Å². The number of carbonyl (C=O) groups excluding carboxylic acids is 3. The summed E-state index contributed by atoms with van der Waals surface area (Å²) in [5, 5.41) is 4.76. The Morgan fingerprint density at radius 3 is 1.88 bits per heavy atom. The third kappa shape index (κ3) is 5.46. The molecule has 0 spiro atoms. The van der Waals surface area contributed by atoms with E-state index >= 15 is 0 Å². The molecule has 0 fully saturated rings. The Kier molecular flexibility index (Phi) is 6.71. The quantitative estimate of drug-likeness (QED) is 0.743. The molecule has 0 saturated carbocycles. The van der Waals surface area contributed by atoms with E-state index < -0.39 is 24.4 Å². The van der Waals surface area contributed by atoms with Crippen LogP contribution >= 0.6 is 0 Å². The lowest BCUT2D eigenvalue weighted by Crippen LogP contribution is -2.37. The molecule has 0 atom stereocenters. The minimum absolute atomic E-state index is 0.159. The van der Waals surface area contributed by atoms with Gasteiger partial charge in [-0.1, -0.05) is 60.7 Å². The second-order valence-electron chi connectivity index (χ2n) is 5.31. The van der Waals surface area contributed by atoms with Gasteiger partial charge in [-0.15, -0.1) is 0 Å². The lowest BCUT2D eigenvalue weighted by atomic mass is 9.91. The van der Waals surface area contributed by atoms with Crippen LogP contribution in [0.4, 0.5) is 0 Å². The minimum Gasteiger partial charge on any atom is -0.455 e. The maximum absolute atomic E-state index is 12.6. The van der Waals surface area contributed by atoms with E-state index in [9.17, 15) is 14.4 Å². The van der Waals surface area contributed by atoms with Crippen LogP contribution in [0.5, 0.6) is 0 Å². The van der Waals surface area contributed by atoms with Gasteiger partial charge in [0.15, 0.2) is 6.61 Å². The average molecular weight is 340 g/mol. The summed E-state index contributed by atoms with van der Waals surface area (Å²) in [6.07, 6.45) is 0. The minimum atomic E-state index is -0.617. The highest BCUT2D eigenvalue weighted by atomic mass is 16.5. The van der Waals surface area contributed by atoms with E-state index in [0.717, 1.165) is 11.1 Å². The normalized spacial score (nSPS) is 10.2. The first kappa shape index (κ1) is 18.2. The largest absolute Gasteiger partial charge is 0.455 e. The SMILES string of the molecule is CNC(=O)CNC(=O)COC(=O)C(c1ccccc1)c1ccccc1. The topological polar surface area (TPSA) is 84.5 Å². The third-order valence-electron chi connectivity index (χ3n) is 3.57. The summed E-state index contributed by atoms with van der Waals surface area (Å²) in [4.78, 5) is 35.4. The van der Waals surface area contributed by atoms with Crippen molar-refractivity contribution < 1.29 is 19.1 Å². The molecule has 0 radical (unpaired) electrons. The third-order valence-corrected chi connectivity index (χ3v) is 3.57. The first-order valence-electron chi connectivity index (χ1n) is 7.85. The molecule has 6 heteroatoms. The first-order chi connectivity index (χ1) is 12.1. The Morgan fingerprint density at radius 1 is 0.880 bits per heavy atom. The van der Waals surface area contributed by atoms with Crippen molar-refractivity contribution in [1.82, 2.24) is 10.6 Å². The summed E-state index contributed by atoms with van der Waals surface area (Å²) in [6.45, 7) is -0.598. The zero-order valence-electron chi connectivity index (χ0n) is 13.9. The van der Waals surface area contributed by atoms with Gasteiger partial charge in [0.1, 0.15) is 5.92 Å². The highest BCUT2D eigenvalue weighted by Crippen LogP contribution is 2.25. The van der Waals surface area contributed by atoms with Gasteiger partial charge in [-0.05, 0) is 11.1 Å². The molecule has 0 saturated heterocycles. The monoisotopic (exact) mass is 340 g/mol. The second-order valence-corrected chi connectivity index (χ2v) is 5.31. The van der Waals surface area contributed by atoms with Crippen molar-refractivity contribution in [2.75, 3.05) is 20.2 Å². The van der Waals surface area contributed by atoms with Crippen molar-refractivity contribution in [2.45, 2.75) is 5.92 Å². The summed E-state index contributed by atoms with van der Waals surface area (Å²) in [6, 6.07) is 18.4. The molecule has 0 aromatic heterocycles. The molecule has 2 amide bonds. The highest BCUT2D eigenvalue weighted by molar-refractivity contribution is 5.88. The molecule has 0 aliphatic carbocycles. The van der Waals surface area contributed by atoms with E-state index in [0.29, 0.717) is 0 Å². The molecule has 0 aliphatic rings. The van der Waals surface area contributed by atoms with E-state index in [4.69, 9.17) is 4.74 Å². The fourth-order valence-electron chi connectivity index (χ4n) is 2.29. The summed E-state index contributed by atoms with van der Waals surface area (Å²) in [7, 11) is 1.47. The standard InChI is InChI=1S/C19H20N2O4/c1-20-16(22)12-21-17(23)13-25-19(24)18(14-8-4-2-5-9-14)15-10-6-3-7-11-15/h2-11,18H,12-13H2,1H3,(H,20,22)(H,21,23). The number of hydrogen-bond acceptors (Lipinski definition) is 4. The molecule has 2 aromatic rings. The highest BCUT2D eigenvalue weighted by Gasteiger charge is 2.24. The van der Waals surface area contributed by atoms with Gasteiger partial charge in [-0.2, -0.15) is 0 Å². The number of esters is 1. The number of amides is 2. The summed E-state index contributed by atoms with van der Waals surface area (Å²) in [5.41, 5.74) is 1.56. The molecule has 0 heterocycles. The lowest BCUT2D eigenvalue weighted by molar-refractivity contribution is -0.149. The van der Waals surface area contributed by atoms with Crippen LogP contribution in [-0.4, -0.2) is 38.0 Å². The van der Waals surface area contributed by atoms with Crippen LogP contribution in [0.25, 0.3) is 0 Å². The summed E-state index contributed by atoms with van der Waals surface area (Å²) in [5.74, 6) is -2.00. The van der Waals surface area contributed by atoms with Crippen LogP contribution in [0.3, 0.4) is 0 Å². The van der Waals surface area contributed by atoms with Crippen molar-refractivity contribution in [3.63, 3.8) is 0 Å². The van der Waals surface area contributed by atoms with Crippen LogP contribution in [0.2, 0.25) is 0 Å². The van der Waals surface area contributed by atoms with Gasteiger partial charge in [0.2, 0.25) is 5.91 Å². The molecule has 2 rings (SSSR count). The fourth-order valence-corrected chi connectivity index (χ4v) is 2.29. The second kappa shape index (κ2) is 9.22. The van der Waals surface area contributed by atoms with Gasteiger partial charge in [0, 0.05) is 7.05 Å². The van der Waals surface area contributed by atoms with E-state index in [2.05, 4.69) is 10.6 Å².